The van der Waals surface area contributed by atoms with Gasteiger partial charge in [-0.3, -0.25) is 0 Å². The molecule has 1 aliphatic heterocycles. The third kappa shape index (κ3) is 3.33. The first kappa shape index (κ1) is 16.7. The summed E-state index contributed by atoms with van der Waals surface area (Å²) in [7, 11) is 0. The molecule has 0 fully saturated rings. The van der Waals surface area contributed by atoms with Crippen molar-refractivity contribution in [3.05, 3.63) is 118 Å². The van der Waals surface area contributed by atoms with E-state index in [0.29, 0.717) is 5.92 Å². The van der Waals surface area contributed by atoms with E-state index in [0.717, 1.165) is 10.9 Å². The van der Waals surface area contributed by atoms with Gasteiger partial charge in [-0.1, -0.05) is 94.8 Å². The van der Waals surface area contributed by atoms with Crippen LogP contribution in [-0.2, 0) is 4.75 Å². The number of benzene rings is 3. The van der Waals surface area contributed by atoms with Crippen molar-refractivity contribution in [2.75, 3.05) is 0 Å². The second kappa shape index (κ2) is 7.23. The lowest BCUT2D eigenvalue weighted by molar-refractivity contribution is 0.607. The molecule has 1 aliphatic rings. The van der Waals surface area contributed by atoms with Crippen molar-refractivity contribution in [2.45, 2.75) is 17.1 Å². The standard InChI is InChI=1S/C23H19BrS/c24-22-13-11-18(12-14-22)19-15-16-25-23(17-19,20-7-3-1-4-8-20)21-9-5-2-6-10-21/h1-16,19H,17H2. The molecule has 2 heteroatoms. The van der Waals surface area contributed by atoms with Crippen molar-refractivity contribution in [2.24, 2.45) is 0 Å². The Bertz CT molecular complexity index is 814. The molecule has 124 valence electrons. The SMILES string of the molecule is Brc1ccc(C2C=CSC(c3ccccc3)(c3ccccc3)C2)cc1. The Morgan fingerprint density at radius 1 is 0.760 bits per heavy atom. The van der Waals surface area contributed by atoms with Crippen LogP contribution in [0.5, 0.6) is 0 Å². The van der Waals surface area contributed by atoms with E-state index in [-0.39, 0.29) is 4.75 Å². The highest BCUT2D eigenvalue weighted by Gasteiger charge is 2.38. The number of hydrogen-bond donors (Lipinski definition) is 0. The summed E-state index contributed by atoms with van der Waals surface area (Å²) in [4.78, 5) is 0. The van der Waals surface area contributed by atoms with Gasteiger partial charge in [0.2, 0.25) is 0 Å². The Balaban J connectivity index is 1.80. The van der Waals surface area contributed by atoms with E-state index >= 15 is 0 Å². The van der Waals surface area contributed by atoms with Crippen LogP contribution >= 0.6 is 27.7 Å². The van der Waals surface area contributed by atoms with E-state index in [2.05, 4.69) is 112 Å². The van der Waals surface area contributed by atoms with Gasteiger partial charge in [0.25, 0.3) is 0 Å². The molecule has 25 heavy (non-hydrogen) atoms. The molecular weight excluding hydrogens is 388 g/mol. The highest BCUT2D eigenvalue weighted by molar-refractivity contribution is 9.10. The highest BCUT2D eigenvalue weighted by atomic mass is 79.9. The minimum Gasteiger partial charge on any atom is -0.118 e. The molecule has 0 aromatic heterocycles. The summed E-state index contributed by atoms with van der Waals surface area (Å²) >= 11 is 5.47. The zero-order valence-corrected chi connectivity index (χ0v) is 16.2. The Morgan fingerprint density at radius 2 is 1.32 bits per heavy atom. The van der Waals surface area contributed by atoms with Gasteiger partial charge in [0.1, 0.15) is 0 Å². The average Bonchev–Trinajstić information content (AvgIpc) is 2.70. The van der Waals surface area contributed by atoms with Gasteiger partial charge in [-0.25, -0.2) is 0 Å². The Hall–Kier alpha value is -1.77. The number of rotatable bonds is 3. The van der Waals surface area contributed by atoms with Crippen molar-refractivity contribution in [3.63, 3.8) is 0 Å². The summed E-state index contributed by atoms with van der Waals surface area (Å²) in [6.45, 7) is 0. The molecule has 1 heterocycles. The largest absolute Gasteiger partial charge is 0.118 e. The average molecular weight is 407 g/mol. The van der Waals surface area contributed by atoms with Gasteiger partial charge in [-0.15, -0.1) is 11.8 Å². The zero-order valence-electron chi connectivity index (χ0n) is 13.8. The van der Waals surface area contributed by atoms with Crippen molar-refractivity contribution < 1.29 is 0 Å². The second-order valence-electron chi connectivity index (χ2n) is 6.37. The zero-order chi connectivity index (χ0) is 17.1. The van der Waals surface area contributed by atoms with Crippen LogP contribution in [0.25, 0.3) is 0 Å². The Kier molecular flexibility index (Phi) is 4.82. The molecule has 0 aliphatic carbocycles. The predicted molar refractivity (Wildman–Crippen MR) is 112 cm³/mol. The predicted octanol–water partition coefficient (Wildman–Crippen LogP) is 7.13. The van der Waals surface area contributed by atoms with Crippen molar-refractivity contribution >= 4 is 27.7 Å². The molecule has 4 rings (SSSR count). The molecule has 0 N–H and O–H groups in total. The van der Waals surface area contributed by atoms with Gasteiger partial charge in [0, 0.05) is 10.4 Å². The topological polar surface area (TPSA) is 0 Å². The highest BCUT2D eigenvalue weighted by Crippen LogP contribution is 2.53. The molecule has 0 nitrogen and oxygen atoms in total. The molecule has 0 radical (unpaired) electrons. The molecule has 0 bridgehead atoms. The van der Waals surface area contributed by atoms with E-state index in [1.807, 2.05) is 11.8 Å². The number of allylic oxidation sites excluding steroid dienone is 1. The first-order chi connectivity index (χ1) is 12.3. The minimum atomic E-state index is -0.0466. The maximum atomic E-state index is 3.54. The van der Waals surface area contributed by atoms with Gasteiger partial charge in [-0.05, 0) is 40.7 Å². The van der Waals surface area contributed by atoms with Crippen LogP contribution in [0, 0.1) is 0 Å². The first-order valence-electron chi connectivity index (χ1n) is 8.49. The Labute approximate surface area is 162 Å². The number of thioether (sulfide) groups is 1. The fraction of sp³-hybridized carbons (Fsp3) is 0.130. The molecule has 3 aromatic carbocycles. The van der Waals surface area contributed by atoms with E-state index in [4.69, 9.17) is 0 Å². The normalized spacial score (nSPS) is 18.8. The summed E-state index contributed by atoms with van der Waals surface area (Å²) in [6.07, 6.45) is 3.40. The smallest absolute Gasteiger partial charge is 0.0706 e. The van der Waals surface area contributed by atoms with Gasteiger partial charge in [-0.2, -0.15) is 0 Å². The molecule has 1 unspecified atom stereocenters. The second-order valence-corrected chi connectivity index (χ2v) is 8.49. The van der Waals surface area contributed by atoms with Crippen LogP contribution in [0.3, 0.4) is 0 Å². The van der Waals surface area contributed by atoms with E-state index in [1.165, 1.54) is 16.7 Å². The van der Waals surface area contributed by atoms with Gasteiger partial charge in [0.05, 0.1) is 4.75 Å². The third-order valence-electron chi connectivity index (χ3n) is 4.87. The van der Waals surface area contributed by atoms with Crippen molar-refractivity contribution in [1.82, 2.24) is 0 Å². The molecule has 1 atom stereocenters. The lowest BCUT2D eigenvalue weighted by atomic mass is 9.80. The van der Waals surface area contributed by atoms with E-state index < -0.39 is 0 Å². The summed E-state index contributed by atoms with van der Waals surface area (Å²) in [5.41, 5.74) is 4.12. The summed E-state index contributed by atoms with van der Waals surface area (Å²) in [5.74, 6) is 0.412. The number of hydrogen-bond acceptors (Lipinski definition) is 1. The van der Waals surface area contributed by atoms with E-state index in [1.54, 1.807) is 0 Å². The molecule has 3 aromatic rings. The quantitative estimate of drug-likeness (QED) is 0.445. The lowest BCUT2D eigenvalue weighted by Crippen LogP contribution is -2.27. The third-order valence-corrected chi connectivity index (χ3v) is 6.73. The van der Waals surface area contributed by atoms with Crippen LogP contribution < -0.4 is 0 Å². The molecule has 0 amide bonds. The van der Waals surface area contributed by atoms with Crippen LogP contribution in [0.1, 0.15) is 29.0 Å². The van der Waals surface area contributed by atoms with Gasteiger partial charge >= 0.3 is 0 Å². The summed E-state index contributed by atoms with van der Waals surface area (Å²) in [6, 6.07) is 30.6. The van der Waals surface area contributed by atoms with E-state index in [9.17, 15) is 0 Å². The molecule has 0 saturated carbocycles. The minimum absolute atomic E-state index is 0.0466. The summed E-state index contributed by atoms with van der Waals surface area (Å²) < 4.78 is 1.08. The summed E-state index contributed by atoms with van der Waals surface area (Å²) in [5, 5.41) is 2.29. The van der Waals surface area contributed by atoms with Crippen LogP contribution in [0.15, 0.2) is 101 Å². The Morgan fingerprint density at radius 3 is 1.88 bits per heavy atom. The molecular formula is C23H19BrS. The first-order valence-corrected chi connectivity index (χ1v) is 10.2. The fourth-order valence-corrected chi connectivity index (χ4v) is 5.15. The maximum absolute atomic E-state index is 3.54. The fourth-order valence-electron chi connectivity index (χ4n) is 3.57. The lowest BCUT2D eigenvalue weighted by Gasteiger charge is -2.39. The van der Waals surface area contributed by atoms with Crippen LogP contribution in [0.4, 0.5) is 0 Å². The van der Waals surface area contributed by atoms with Crippen molar-refractivity contribution in [3.8, 4) is 0 Å². The van der Waals surface area contributed by atoms with Crippen molar-refractivity contribution in [1.29, 1.82) is 0 Å². The van der Waals surface area contributed by atoms with Crippen LogP contribution in [0.2, 0.25) is 0 Å². The molecule has 0 spiro atoms. The van der Waals surface area contributed by atoms with Gasteiger partial charge < -0.3 is 0 Å². The maximum Gasteiger partial charge on any atom is 0.0706 e. The van der Waals surface area contributed by atoms with Gasteiger partial charge in [0.15, 0.2) is 0 Å². The van der Waals surface area contributed by atoms with Crippen LogP contribution in [-0.4, -0.2) is 0 Å². The molecule has 0 saturated heterocycles. The monoisotopic (exact) mass is 406 g/mol. The number of halogens is 1.